The van der Waals surface area contributed by atoms with Crippen LogP contribution in [0.4, 0.5) is 0 Å². The third-order valence-corrected chi connectivity index (χ3v) is 13.2. The second-order valence-corrected chi connectivity index (χ2v) is 19.5. The molecule has 1 aromatic heterocycles. The summed E-state index contributed by atoms with van der Waals surface area (Å²) in [4.78, 5) is 123. The number of hydrogen-bond donors (Lipinski definition) is 16. The van der Waals surface area contributed by atoms with Crippen molar-refractivity contribution in [2.24, 2.45) is 44.4 Å². The number of benzene rings is 3. The minimum absolute atomic E-state index is 0.00840. The van der Waals surface area contributed by atoms with Gasteiger partial charge >= 0.3 is 0 Å². The summed E-state index contributed by atoms with van der Waals surface area (Å²) in [6, 6.07) is 15.6. The monoisotopic (exact) mass is 1110 g/mol. The third kappa shape index (κ3) is 21.0. The number of nitrogens with two attached hydrogens (primary N) is 6. The van der Waals surface area contributed by atoms with Gasteiger partial charge in [-0.1, -0.05) is 78.9 Å². The van der Waals surface area contributed by atoms with E-state index in [0.717, 1.165) is 10.9 Å². The number of aliphatic imine (C=N–C) groups is 2. The highest BCUT2D eigenvalue weighted by Gasteiger charge is 2.35. The molecule has 1 saturated heterocycles. The molecule has 1 aliphatic heterocycles. The van der Waals surface area contributed by atoms with E-state index < -0.39 is 102 Å². The van der Waals surface area contributed by atoms with Crippen molar-refractivity contribution >= 4 is 70.1 Å². The molecule has 2 heterocycles. The van der Waals surface area contributed by atoms with E-state index in [0.29, 0.717) is 16.7 Å². The van der Waals surface area contributed by atoms with Crippen molar-refractivity contribution in [3.05, 3.63) is 108 Å². The van der Waals surface area contributed by atoms with Gasteiger partial charge < -0.3 is 81.7 Å². The zero-order valence-electron chi connectivity index (χ0n) is 44.7. The number of carbonyl (C=O) groups is 8. The van der Waals surface area contributed by atoms with Gasteiger partial charge in [-0.15, -0.1) is 0 Å². The van der Waals surface area contributed by atoms with E-state index in [4.69, 9.17) is 34.4 Å². The van der Waals surface area contributed by atoms with E-state index in [9.17, 15) is 43.5 Å². The number of primary amides is 1. The Bertz CT molecular complexity index is 2750. The number of aromatic nitrogens is 1. The molecule has 1 fully saturated rings. The fourth-order valence-electron chi connectivity index (χ4n) is 9.02. The number of hydrogen-bond acceptors (Lipinski definition) is 13. The number of aromatic amines is 1. The minimum Gasteiger partial charge on any atom is -0.376 e. The lowest BCUT2D eigenvalue weighted by Crippen LogP contribution is -2.61. The number of rotatable bonds is 20. The van der Waals surface area contributed by atoms with Crippen molar-refractivity contribution in [2.45, 2.75) is 126 Å². The Hall–Kier alpha value is -8.62. The Balaban J connectivity index is 1.50. The topological polar surface area (TPSA) is 450 Å². The Kier molecular flexibility index (Phi) is 25.1. The fraction of sp³-hybridized carbons (Fsp3) is 0.444. The highest BCUT2D eigenvalue weighted by Crippen LogP contribution is 2.20. The van der Waals surface area contributed by atoms with E-state index in [1.54, 1.807) is 66.9 Å². The fourth-order valence-corrected chi connectivity index (χ4v) is 9.02. The molecule has 4 aromatic rings. The summed E-state index contributed by atoms with van der Waals surface area (Å²) < 4.78 is 0. The summed E-state index contributed by atoms with van der Waals surface area (Å²) in [7, 11) is 0. The molecule has 8 unspecified atom stereocenters. The summed E-state index contributed by atoms with van der Waals surface area (Å²) in [5.74, 6) is -6.58. The number of guanidine groups is 2. The molecule has 0 spiro atoms. The quantitative estimate of drug-likeness (QED) is 0.0239. The van der Waals surface area contributed by atoms with Gasteiger partial charge in [0.15, 0.2) is 11.9 Å². The van der Waals surface area contributed by atoms with Gasteiger partial charge in [-0.25, -0.2) is 0 Å². The molecular formula is C54H77N17O9. The molecule has 5 rings (SSSR count). The van der Waals surface area contributed by atoms with E-state index in [2.05, 4.69) is 57.5 Å². The van der Waals surface area contributed by atoms with E-state index >= 15 is 0 Å². The van der Waals surface area contributed by atoms with Crippen LogP contribution >= 0.6 is 0 Å². The Morgan fingerprint density at radius 1 is 0.688 bits per heavy atom. The van der Waals surface area contributed by atoms with E-state index in [-0.39, 0.29) is 109 Å². The molecule has 1 aliphatic rings. The maximum atomic E-state index is 14.7. The van der Waals surface area contributed by atoms with Crippen LogP contribution in [0.25, 0.3) is 10.9 Å². The predicted octanol–water partition coefficient (Wildman–Crippen LogP) is -2.99. The maximum Gasteiger partial charge on any atom is 0.243 e. The maximum absolute atomic E-state index is 14.7. The standard InChI is InChI=1S/C54H77N17O9/c55-23-22-40-49(77)69-41(27-32-13-3-1-4-14-32)50(78)67-39(21-12-26-63-54(59)60)48(76)70-42(29-34-31-64-36-18-8-7-17-35(34)36)51(79)66-37(46(56)74)19-9-10-24-61-44(72)30-43(52(80)68-40)71-47(75)38(20-11-25-62-53(57)58)65-45(73)28-33-15-5-2-6-16-33/h1-8,13-18,31,37-43,48,64,70,76H,9-12,19-30,55H2,(H2,56,74)(H,61,72)(H,65,73)(H,66,79)(H,67,78)(H,68,80)(H,69,77)(H,71,75)(H4,57,58,62)(H4,59,60,63). The van der Waals surface area contributed by atoms with Crippen LogP contribution in [-0.4, -0.2) is 144 Å². The van der Waals surface area contributed by atoms with Gasteiger partial charge in [-0.05, 0) is 87.1 Å². The molecular weight excluding hydrogens is 1030 g/mol. The van der Waals surface area contributed by atoms with Gasteiger partial charge in [0.25, 0.3) is 0 Å². The zero-order chi connectivity index (χ0) is 58.0. The van der Waals surface area contributed by atoms with Crippen molar-refractivity contribution in [3.8, 4) is 0 Å². The number of para-hydroxylation sites is 1. The van der Waals surface area contributed by atoms with E-state index in [1.165, 1.54) is 0 Å². The van der Waals surface area contributed by atoms with Crippen LogP contribution < -0.4 is 76.9 Å². The van der Waals surface area contributed by atoms with Crippen molar-refractivity contribution in [3.63, 3.8) is 0 Å². The molecule has 0 radical (unpaired) electrons. The summed E-state index contributed by atoms with van der Waals surface area (Å²) >= 11 is 0. The molecule has 0 saturated carbocycles. The second-order valence-electron chi connectivity index (χ2n) is 19.5. The largest absolute Gasteiger partial charge is 0.376 e. The van der Waals surface area contributed by atoms with Crippen LogP contribution in [0.2, 0.25) is 0 Å². The molecule has 26 nitrogen and oxygen atoms in total. The average molecular weight is 1110 g/mol. The normalized spacial score (nSPS) is 21.5. The van der Waals surface area contributed by atoms with Gasteiger partial charge in [-0.3, -0.25) is 53.7 Å². The molecule has 432 valence electrons. The van der Waals surface area contributed by atoms with Crippen LogP contribution in [0.1, 0.15) is 74.5 Å². The van der Waals surface area contributed by atoms with E-state index in [1.807, 2.05) is 24.3 Å². The lowest BCUT2D eigenvalue weighted by Gasteiger charge is -2.31. The average Bonchev–Trinajstić information content (AvgIpc) is 3.84. The van der Waals surface area contributed by atoms with Crippen molar-refractivity contribution in [2.75, 3.05) is 26.2 Å². The number of aliphatic hydroxyl groups excluding tert-OH is 1. The highest BCUT2D eigenvalue weighted by molar-refractivity contribution is 5.98. The van der Waals surface area contributed by atoms with Crippen LogP contribution in [0.5, 0.6) is 0 Å². The first-order valence-corrected chi connectivity index (χ1v) is 26.7. The van der Waals surface area contributed by atoms with Crippen LogP contribution in [0.15, 0.2) is 101 Å². The summed E-state index contributed by atoms with van der Waals surface area (Å²) in [6.45, 7) is 0.0726. The summed E-state index contributed by atoms with van der Waals surface area (Å²) in [5.41, 5.74) is 36.8. The first kappa shape index (κ1) is 62.2. The molecule has 26 heteroatoms. The van der Waals surface area contributed by atoms with Gasteiger partial charge in [0, 0.05) is 43.2 Å². The van der Waals surface area contributed by atoms with Crippen molar-refractivity contribution in [1.82, 2.24) is 47.5 Å². The van der Waals surface area contributed by atoms with Gasteiger partial charge in [0.2, 0.25) is 47.3 Å². The number of nitrogens with one attached hydrogen (secondary N) is 9. The Morgan fingerprint density at radius 2 is 1.31 bits per heavy atom. The molecule has 22 N–H and O–H groups in total. The number of amides is 8. The lowest BCUT2D eigenvalue weighted by molar-refractivity contribution is -0.136. The Morgan fingerprint density at radius 3 is 1.99 bits per heavy atom. The molecule has 8 amide bonds. The lowest BCUT2D eigenvalue weighted by atomic mass is 10.0. The molecule has 8 atom stereocenters. The predicted molar refractivity (Wildman–Crippen MR) is 301 cm³/mol. The SMILES string of the molecule is NCCC1NC(=O)C(NC(=O)C(CCCN=C(N)N)NC(=O)Cc2ccccc2)CC(=O)NCCCCC(C(N)=O)NC(=O)C(Cc2c[nH]c3ccccc23)NC(O)C(CCCN=C(N)N)NC(=O)C(Cc2ccccc2)NC1=O. The first-order chi connectivity index (χ1) is 38.4. The number of nitrogens with zero attached hydrogens (tertiary/aromatic N) is 2. The zero-order valence-corrected chi connectivity index (χ0v) is 44.7. The minimum atomic E-state index is -1.66. The third-order valence-electron chi connectivity index (χ3n) is 13.2. The summed E-state index contributed by atoms with van der Waals surface area (Å²) in [6.07, 6.45) is 0.103. The number of H-pyrrole nitrogens is 1. The number of carbonyl (C=O) groups excluding carboxylic acids is 8. The van der Waals surface area contributed by atoms with Crippen LogP contribution in [0, 0.1) is 0 Å². The van der Waals surface area contributed by atoms with Gasteiger partial charge in [0.1, 0.15) is 36.4 Å². The molecule has 0 bridgehead atoms. The van der Waals surface area contributed by atoms with Crippen LogP contribution in [-0.2, 0) is 57.6 Å². The number of fused-ring (bicyclic) bond motifs is 1. The van der Waals surface area contributed by atoms with Gasteiger partial charge in [0.05, 0.1) is 24.9 Å². The van der Waals surface area contributed by atoms with Crippen LogP contribution in [0.3, 0.4) is 0 Å². The molecule has 80 heavy (non-hydrogen) atoms. The summed E-state index contributed by atoms with van der Waals surface area (Å²) in [5, 5.41) is 34.8. The second kappa shape index (κ2) is 32.3. The van der Waals surface area contributed by atoms with Crippen molar-refractivity contribution in [1.29, 1.82) is 0 Å². The smallest absolute Gasteiger partial charge is 0.243 e. The molecule has 3 aromatic carbocycles. The van der Waals surface area contributed by atoms with Gasteiger partial charge in [-0.2, -0.15) is 0 Å². The molecule has 0 aliphatic carbocycles. The van der Waals surface area contributed by atoms with Crippen molar-refractivity contribution < 1.29 is 43.5 Å². The first-order valence-electron chi connectivity index (χ1n) is 26.7. The Labute approximate surface area is 463 Å². The number of aliphatic hydroxyl groups is 1. The highest BCUT2D eigenvalue weighted by atomic mass is 16.3.